The molecule has 0 heterocycles. The maximum atomic E-state index is 13.5. The third kappa shape index (κ3) is 3.52. The van der Waals surface area contributed by atoms with Crippen LogP contribution in [0.5, 0.6) is 0 Å². The number of carbonyl (C=O) groups is 2. The van der Waals surface area contributed by atoms with Gasteiger partial charge in [0, 0.05) is 0 Å². The van der Waals surface area contributed by atoms with Gasteiger partial charge in [-0.2, -0.15) is 0 Å². The second-order valence-corrected chi connectivity index (χ2v) is 6.29. The molecule has 1 aliphatic carbocycles. The maximum Gasteiger partial charge on any atom is 0.228 e. The number of anilines is 2. The van der Waals surface area contributed by atoms with Gasteiger partial charge in [0.15, 0.2) is 0 Å². The molecule has 1 fully saturated rings. The molecule has 1 saturated carbocycles. The van der Waals surface area contributed by atoms with Gasteiger partial charge in [-0.3, -0.25) is 9.59 Å². The van der Waals surface area contributed by atoms with E-state index >= 15 is 0 Å². The van der Waals surface area contributed by atoms with Crippen LogP contribution < -0.4 is 10.6 Å². The molecule has 0 bridgehead atoms. The van der Waals surface area contributed by atoms with Gasteiger partial charge in [-0.15, -0.1) is 0 Å². The van der Waals surface area contributed by atoms with E-state index in [0.29, 0.717) is 17.1 Å². The lowest BCUT2D eigenvalue weighted by Crippen LogP contribution is -2.21. The Bertz CT molecular complexity index is 813. The lowest BCUT2D eigenvalue weighted by Gasteiger charge is -2.08. The van der Waals surface area contributed by atoms with Gasteiger partial charge in [-0.05, 0) is 30.7 Å². The number of rotatable bonds is 4. The first kappa shape index (κ1) is 16.7. The molecule has 0 aromatic heterocycles. The monoisotopic (exact) mass is 366 g/mol. The summed E-state index contributed by atoms with van der Waals surface area (Å²) in [4.78, 5) is 24.3. The van der Waals surface area contributed by atoms with Gasteiger partial charge in [0.05, 0.1) is 33.3 Å². The Balaban J connectivity index is 1.60. The highest BCUT2D eigenvalue weighted by Crippen LogP contribution is 2.41. The van der Waals surface area contributed by atoms with Gasteiger partial charge >= 0.3 is 0 Å². The highest BCUT2D eigenvalue weighted by atomic mass is 35.5. The fourth-order valence-electron chi connectivity index (χ4n) is 2.39. The molecule has 3 rings (SSSR count). The summed E-state index contributed by atoms with van der Waals surface area (Å²) in [6.45, 7) is 0. The number of halogens is 3. The fourth-order valence-corrected chi connectivity index (χ4v) is 2.74. The van der Waals surface area contributed by atoms with E-state index < -0.39 is 17.7 Å². The van der Waals surface area contributed by atoms with Gasteiger partial charge in [0.1, 0.15) is 5.82 Å². The minimum Gasteiger partial charge on any atom is -0.324 e. The summed E-state index contributed by atoms with van der Waals surface area (Å²) in [6.07, 6.45) is 0.407. The van der Waals surface area contributed by atoms with Crippen molar-refractivity contribution in [1.29, 1.82) is 0 Å². The minimum absolute atomic E-state index is 0.103. The molecule has 1 aliphatic rings. The molecule has 2 unspecified atom stereocenters. The molecular weight excluding hydrogens is 354 g/mol. The summed E-state index contributed by atoms with van der Waals surface area (Å²) < 4.78 is 13.5. The Labute approximate surface area is 148 Å². The zero-order chi connectivity index (χ0) is 17.3. The third-order valence-corrected chi connectivity index (χ3v) is 4.62. The number of amides is 2. The van der Waals surface area contributed by atoms with Crippen molar-refractivity contribution in [2.24, 2.45) is 11.8 Å². The molecule has 2 aromatic carbocycles. The molecule has 2 amide bonds. The van der Waals surface area contributed by atoms with Crippen molar-refractivity contribution in [1.82, 2.24) is 0 Å². The van der Waals surface area contributed by atoms with Gasteiger partial charge in [-0.1, -0.05) is 41.4 Å². The van der Waals surface area contributed by atoms with E-state index in [4.69, 9.17) is 23.2 Å². The van der Waals surface area contributed by atoms with Crippen molar-refractivity contribution >= 4 is 46.4 Å². The first-order chi connectivity index (χ1) is 11.5. The predicted molar refractivity (Wildman–Crippen MR) is 91.7 cm³/mol. The molecule has 2 atom stereocenters. The van der Waals surface area contributed by atoms with Crippen LogP contribution in [0.15, 0.2) is 42.5 Å². The Morgan fingerprint density at radius 1 is 0.917 bits per heavy atom. The number of carbonyl (C=O) groups excluding carboxylic acids is 2. The van der Waals surface area contributed by atoms with E-state index in [0.717, 1.165) is 0 Å². The lowest BCUT2D eigenvalue weighted by molar-refractivity contribution is -0.122. The van der Waals surface area contributed by atoms with Crippen molar-refractivity contribution in [2.45, 2.75) is 6.42 Å². The first-order valence-electron chi connectivity index (χ1n) is 7.27. The van der Waals surface area contributed by atoms with Crippen molar-refractivity contribution < 1.29 is 14.0 Å². The zero-order valence-corrected chi connectivity index (χ0v) is 13.9. The van der Waals surface area contributed by atoms with Crippen molar-refractivity contribution in [3.63, 3.8) is 0 Å². The van der Waals surface area contributed by atoms with Crippen molar-refractivity contribution in [2.75, 3.05) is 10.6 Å². The van der Waals surface area contributed by atoms with E-state index in [1.165, 1.54) is 18.2 Å². The van der Waals surface area contributed by atoms with Gasteiger partial charge in [0.25, 0.3) is 0 Å². The number of benzene rings is 2. The lowest BCUT2D eigenvalue weighted by atomic mass is 10.2. The molecule has 0 saturated heterocycles. The zero-order valence-electron chi connectivity index (χ0n) is 12.4. The van der Waals surface area contributed by atoms with E-state index in [1.807, 2.05) is 0 Å². The second kappa shape index (κ2) is 6.79. The highest BCUT2D eigenvalue weighted by Gasteiger charge is 2.48. The number of para-hydroxylation sites is 1. The molecule has 0 spiro atoms. The van der Waals surface area contributed by atoms with Gasteiger partial charge < -0.3 is 10.6 Å². The van der Waals surface area contributed by atoms with E-state index in [-0.39, 0.29) is 22.5 Å². The summed E-state index contributed by atoms with van der Waals surface area (Å²) in [5, 5.41) is 5.75. The molecule has 24 heavy (non-hydrogen) atoms. The van der Waals surface area contributed by atoms with Crippen LogP contribution in [0.4, 0.5) is 15.8 Å². The average molecular weight is 367 g/mol. The molecular formula is C17H13Cl2FN2O2. The van der Waals surface area contributed by atoms with Gasteiger partial charge in [0.2, 0.25) is 11.8 Å². The Hall–Kier alpha value is -2.11. The average Bonchev–Trinajstić information content (AvgIpc) is 3.35. The third-order valence-electron chi connectivity index (χ3n) is 3.81. The molecule has 124 valence electrons. The summed E-state index contributed by atoms with van der Waals surface area (Å²) in [7, 11) is 0. The molecule has 0 radical (unpaired) electrons. The van der Waals surface area contributed by atoms with E-state index in [9.17, 15) is 14.0 Å². The topological polar surface area (TPSA) is 58.2 Å². The summed E-state index contributed by atoms with van der Waals surface area (Å²) >= 11 is 11.9. The highest BCUT2D eigenvalue weighted by molar-refractivity contribution is 6.44. The first-order valence-corrected chi connectivity index (χ1v) is 8.03. The van der Waals surface area contributed by atoms with Crippen LogP contribution in [0.25, 0.3) is 0 Å². The van der Waals surface area contributed by atoms with Crippen LogP contribution in [-0.4, -0.2) is 11.8 Å². The number of hydrogen-bond acceptors (Lipinski definition) is 2. The molecule has 2 N–H and O–H groups in total. The standard InChI is InChI=1S/C17H13Cl2FN2O2/c18-11-4-3-7-14(15(11)19)22-17(24)10-8-9(10)16(23)21-13-6-2-1-5-12(13)20/h1-7,9-10H,8H2,(H,21,23)(H,22,24). The normalized spacial score (nSPS) is 18.8. The molecule has 4 nitrogen and oxygen atoms in total. The second-order valence-electron chi connectivity index (χ2n) is 5.51. The van der Waals surface area contributed by atoms with Gasteiger partial charge in [-0.25, -0.2) is 4.39 Å². The van der Waals surface area contributed by atoms with Crippen LogP contribution in [-0.2, 0) is 9.59 Å². The molecule has 7 heteroatoms. The Morgan fingerprint density at radius 3 is 2.17 bits per heavy atom. The molecule has 0 aliphatic heterocycles. The van der Waals surface area contributed by atoms with E-state index in [2.05, 4.69) is 10.6 Å². The van der Waals surface area contributed by atoms with E-state index in [1.54, 1.807) is 24.3 Å². The summed E-state index contributed by atoms with van der Waals surface area (Å²) in [5.41, 5.74) is 0.501. The van der Waals surface area contributed by atoms with Crippen molar-refractivity contribution in [3.05, 3.63) is 58.3 Å². The Kier molecular flexibility index (Phi) is 4.73. The number of nitrogens with one attached hydrogen (secondary N) is 2. The van der Waals surface area contributed by atoms with Crippen molar-refractivity contribution in [3.8, 4) is 0 Å². The minimum atomic E-state index is -0.516. The summed E-state index contributed by atoms with van der Waals surface area (Å²) in [5.74, 6) is -2.15. The van der Waals surface area contributed by atoms with Crippen LogP contribution in [0.2, 0.25) is 10.0 Å². The maximum absolute atomic E-state index is 13.5. The van der Waals surface area contributed by atoms with Crippen LogP contribution in [0.3, 0.4) is 0 Å². The Morgan fingerprint density at radius 2 is 1.50 bits per heavy atom. The van der Waals surface area contributed by atoms with Crippen LogP contribution in [0, 0.1) is 17.7 Å². The smallest absolute Gasteiger partial charge is 0.228 e. The number of hydrogen-bond donors (Lipinski definition) is 2. The quantitative estimate of drug-likeness (QED) is 0.844. The van der Waals surface area contributed by atoms with Crippen LogP contribution in [0.1, 0.15) is 6.42 Å². The SMILES string of the molecule is O=C(Nc1ccccc1F)C1CC1C(=O)Nc1cccc(Cl)c1Cl. The predicted octanol–water partition coefficient (Wildman–Crippen LogP) is 4.35. The van der Waals surface area contributed by atoms with Crippen LogP contribution >= 0.6 is 23.2 Å². The summed E-state index contributed by atoms with van der Waals surface area (Å²) in [6, 6.07) is 10.8. The fraction of sp³-hybridized carbons (Fsp3) is 0.176. The molecule has 2 aromatic rings. The largest absolute Gasteiger partial charge is 0.324 e.